The van der Waals surface area contributed by atoms with Gasteiger partial charge >= 0.3 is 0 Å². The molecule has 0 atom stereocenters. The molecule has 18 heavy (non-hydrogen) atoms. The van der Waals surface area contributed by atoms with Crippen LogP contribution in [0.1, 0.15) is 26.7 Å². The first-order valence-corrected chi connectivity index (χ1v) is 6.53. The summed E-state index contributed by atoms with van der Waals surface area (Å²) in [6, 6.07) is 0. The van der Waals surface area contributed by atoms with Crippen LogP contribution in [-0.2, 0) is 9.59 Å². The zero-order valence-corrected chi connectivity index (χ0v) is 11.5. The van der Waals surface area contributed by atoms with Gasteiger partial charge in [-0.2, -0.15) is 0 Å². The maximum absolute atomic E-state index is 10.6. The summed E-state index contributed by atoms with van der Waals surface area (Å²) in [6.45, 7) is 8.16. The predicted molar refractivity (Wildman–Crippen MR) is 72.3 cm³/mol. The Kier molecular flexibility index (Phi) is 11.5. The Hall–Kier alpha value is -1.14. The Bertz CT molecular complexity index is 210. The van der Waals surface area contributed by atoms with Gasteiger partial charge in [-0.25, -0.2) is 0 Å². The fourth-order valence-electron chi connectivity index (χ4n) is 1.38. The molecule has 6 heteroatoms. The molecule has 2 amide bonds. The molecule has 0 bridgehead atoms. The molecule has 0 aromatic carbocycles. The van der Waals surface area contributed by atoms with Crippen molar-refractivity contribution in [2.45, 2.75) is 26.7 Å². The smallest absolute Gasteiger partial charge is 0.216 e. The molecule has 0 aliphatic carbocycles. The number of nitrogens with one attached hydrogen (secondary N) is 4. The van der Waals surface area contributed by atoms with E-state index >= 15 is 0 Å². The number of hydrogen-bond donors (Lipinski definition) is 4. The fourth-order valence-corrected chi connectivity index (χ4v) is 1.38. The highest BCUT2D eigenvalue weighted by Gasteiger charge is 1.92. The lowest BCUT2D eigenvalue weighted by Crippen LogP contribution is -2.31. The van der Waals surface area contributed by atoms with Gasteiger partial charge in [0.05, 0.1) is 0 Å². The van der Waals surface area contributed by atoms with Crippen molar-refractivity contribution in [3.63, 3.8) is 0 Å². The molecule has 0 aliphatic rings. The second kappa shape index (κ2) is 12.3. The molecular formula is C12H26N4O2. The van der Waals surface area contributed by atoms with E-state index in [0.29, 0.717) is 0 Å². The van der Waals surface area contributed by atoms with Crippen LogP contribution in [0.25, 0.3) is 0 Å². The summed E-state index contributed by atoms with van der Waals surface area (Å²) in [5.41, 5.74) is 0. The van der Waals surface area contributed by atoms with Crippen molar-refractivity contribution in [1.82, 2.24) is 21.3 Å². The van der Waals surface area contributed by atoms with Crippen LogP contribution in [0.4, 0.5) is 0 Å². The third-order valence-electron chi connectivity index (χ3n) is 2.29. The van der Waals surface area contributed by atoms with Gasteiger partial charge in [-0.1, -0.05) is 0 Å². The molecule has 0 saturated carbocycles. The van der Waals surface area contributed by atoms with Crippen LogP contribution >= 0.6 is 0 Å². The van der Waals surface area contributed by atoms with Gasteiger partial charge in [-0.15, -0.1) is 0 Å². The minimum Gasteiger partial charge on any atom is -0.356 e. The molecule has 0 saturated heterocycles. The Morgan fingerprint density at radius 3 is 1.39 bits per heavy atom. The molecule has 0 rings (SSSR count). The second-order valence-corrected chi connectivity index (χ2v) is 4.17. The Labute approximate surface area is 109 Å². The Morgan fingerprint density at radius 2 is 1.06 bits per heavy atom. The van der Waals surface area contributed by atoms with E-state index in [1.807, 2.05) is 0 Å². The molecule has 0 aromatic rings. The number of amides is 2. The summed E-state index contributed by atoms with van der Waals surface area (Å²) in [6.07, 6.45) is 1.89. The number of carbonyl (C=O) groups excluding carboxylic acids is 2. The minimum atomic E-state index is 0.0239. The first-order valence-electron chi connectivity index (χ1n) is 6.53. The van der Waals surface area contributed by atoms with E-state index in [2.05, 4.69) is 21.3 Å². The van der Waals surface area contributed by atoms with Gasteiger partial charge in [0.25, 0.3) is 0 Å². The number of rotatable bonds is 11. The lowest BCUT2D eigenvalue weighted by molar-refractivity contribution is -0.119. The summed E-state index contributed by atoms with van der Waals surface area (Å²) in [5, 5.41) is 12.1. The van der Waals surface area contributed by atoms with Crippen molar-refractivity contribution in [3.8, 4) is 0 Å². The van der Waals surface area contributed by atoms with Gasteiger partial charge in [0, 0.05) is 40.0 Å². The number of carbonyl (C=O) groups is 2. The van der Waals surface area contributed by atoms with Gasteiger partial charge < -0.3 is 21.3 Å². The van der Waals surface area contributed by atoms with Gasteiger partial charge in [0.1, 0.15) is 0 Å². The predicted octanol–water partition coefficient (Wildman–Crippen LogP) is -0.782. The molecule has 0 radical (unpaired) electrons. The van der Waals surface area contributed by atoms with Crippen molar-refractivity contribution in [3.05, 3.63) is 0 Å². The average Bonchev–Trinajstić information content (AvgIpc) is 2.29. The fraction of sp³-hybridized carbons (Fsp3) is 0.833. The van der Waals surface area contributed by atoms with Crippen LogP contribution in [0.2, 0.25) is 0 Å². The molecule has 4 N–H and O–H groups in total. The molecule has 106 valence electrons. The van der Waals surface area contributed by atoms with E-state index in [4.69, 9.17) is 0 Å². The van der Waals surface area contributed by atoms with E-state index in [1.54, 1.807) is 0 Å². The van der Waals surface area contributed by atoms with Crippen LogP contribution in [-0.4, -0.2) is 51.1 Å². The van der Waals surface area contributed by atoms with Gasteiger partial charge in [0.15, 0.2) is 0 Å². The van der Waals surface area contributed by atoms with Gasteiger partial charge in [-0.3, -0.25) is 9.59 Å². The first-order chi connectivity index (χ1) is 8.63. The highest BCUT2D eigenvalue weighted by molar-refractivity contribution is 5.72. The average molecular weight is 258 g/mol. The van der Waals surface area contributed by atoms with Crippen LogP contribution in [0.3, 0.4) is 0 Å². The van der Waals surface area contributed by atoms with Crippen molar-refractivity contribution in [1.29, 1.82) is 0 Å². The first kappa shape index (κ1) is 16.9. The van der Waals surface area contributed by atoms with Crippen LogP contribution in [0, 0.1) is 0 Å². The van der Waals surface area contributed by atoms with Crippen molar-refractivity contribution >= 4 is 11.8 Å². The van der Waals surface area contributed by atoms with E-state index in [0.717, 1.165) is 52.1 Å². The van der Waals surface area contributed by atoms with E-state index in [-0.39, 0.29) is 11.8 Å². The maximum atomic E-state index is 10.6. The summed E-state index contributed by atoms with van der Waals surface area (Å²) >= 11 is 0. The maximum Gasteiger partial charge on any atom is 0.216 e. The third-order valence-corrected chi connectivity index (χ3v) is 2.29. The topological polar surface area (TPSA) is 82.3 Å². The number of hydrogen-bond acceptors (Lipinski definition) is 4. The molecule has 0 heterocycles. The molecule has 0 unspecified atom stereocenters. The lowest BCUT2D eigenvalue weighted by Gasteiger charge is -2.07. The van der Waals surface area contributed by atoms with Crippen LogP contribution in [0.5, 0.6) is 0 Å². The Balaban J connectivity index is 2.99. The van der Waals surface area contributed by atoms with Crippen molar-refractivity contribution < 1.29 is 9.59 Å². The van der Waals surface area contributed by atoms with Crippen molar-refractivity contribution in [2.75, 3.05) is 39.3 Å². The second-order valence-electron chi connectivity index (χ2n) is 4.17. The quantitative estimate of drug-likeness (QED) is 0.366. The minimum absolute atomic E-state index is 0.0239. The summed E-state index contributed by atoms with van der Waals surface area (Å²) in [5.74, 6) is 0.0478. The normalized spacial score (nSPS) is 10.1. The van der Waals surface area contributed by atoms with E-state index in [9.17, 15) is 9.59 Å². The lowest BCUT2D eigenvalue weighted by atomic mass is 10.4. The highest BCUT2D eigenvalue weighted by Crippen LogP contribution is 1.75. The zero-order chi connectivity index (χ0) is 13.6. The zero-order valence-electron chi connectivity index (χ0n) is 11.5. The summed E-state index contributed by atoms with van der Waals surface area (Å²) < 4.78 is 0. The third kappa shape index (κ3) is 14.9. The largest absolute Gasteiger partial charge is 0.356 e. The standard InChI is InChI=1S/C12H26N4O2/c1-11(17)15-7-3-5-13-9-10-14-6-4-8-16-12(2)18/h13-14H,3-10H2,1-2H3,(H,15,17)(H,16,18). The van der Waals surface area contributed by atoms with Crippen LogP contribution in [0.15, 0.2) is 0 Å². The van der Waals surface area contributed by atoms with E-state index < -0.39 is 0 Å². The Morgan fingerprint density at radius 1 is 0.667 bits per heavy atom. The molecule has 0 aromatic heterocycles. The highest BCUT2D eigenvalue weighted by atomic mass is 16.1. The monoisotopic (exact) mass is 258 g/mol. The van der Waals surface area contributed by atoms with Crippen molar-refractivity contribution in [2.24, 2.45) is 0 Å². The molecule has 0 aliphatic heterocycles. The van der Waals surface area contributed by atoms with Gasteiger partial charge in [0.2, 0.25) is 11.8 Å². The molecule has 0 fully saturated rings. The molecule has 6 nitrogen and oxygen atoms in total. The van der Waals surface area contributed by atoms with Crippen LogP contribution < -0.4 is 21.3 Å². The summed E-state index contributed by atoms with van der Waals surface area (Å²) in [7, 11) is 0. The van der Waals surface area contributed by atoms with E-state index in [1.165, 1.54) is 13.8 Å². The SMILES string of the molecule is CC(=O)NCCCNCCNCCCNC(C)=O. The molecule has 0 spiro atoms. The molecular weight excluding hydrogens is 232 g/mol. The van der Waals surface area contributed by atoms with Gasteiger partial charge in [-0.05, 0) is 25.9 Å². The summed E-state index contributed by atoms with van der Waals surface area (Å²) in [4.78, 5) is 21.2.